The lowest BCUT2D eigenvalue weighted by atomic mass is 10.0. The van der Waals surface area contributed by atoms with Crippen molar-refractivity contribution < 1.29 is 20.1 Å². The molecule has 1 heterocycles. The number of aromatic carboxylic acids is 1. The van der Waals surface area contributed by atoms with Crippen LogP contribution in [0.2, 0.25) is 0 Å². The van der Waals surface area contributed by atoms with Crippen molar-refractivity contribution in [2.24, 2.45) is 5.73 Å². The molecule has 0 saturated carbocycles. The van der Waals surface area contributed by atoms with E-state index in [1.54, 1.807) is 18.2 Å². The number of aliphatic hydroxyl groups excluding tert-OH is 2. The molecule has 2 atom stereocenters. The van der Waals surface area contributed by atoms with E-state index in [-0.39, 0.29) is 11.4 Å². The highest BCUT2D eigenvalue weighted by atomic mass is 32.1. The van der Waals surface area contributed by atoms with Gasteiger partial charge in [-0.3, -0.25) is 0 Å². The summed E-state index contributed by atoms with van der Waals surface area (Å²) in [6.07, 6.45) is -2.18. The number of carbonyl (C=O) groups is 1. The second-order valence-electron chi connectivity index (χ2n) is 3.92. The van der Waals surface area contributed by atoms with Crippen LogP contribution in [0.4, 0.5) is 0 Å². The van der Waals surface area contributed by atoms with Gasteiger partial charge >= 0.3 is 5.97 Å². The Labute approximate surface area is 107 Å². The van der Waals surface area contributed by atoms with Crippen LogP contribution in [0, 0.1) is 0 Å². The number of carboxylic acid groups (broad SMARTS) is 1. The molecule has 0 aliphatic carbocycles. The third-order valence-electron chi connectivity index (χ3n) is 2.73. The molecule has 0 aliphatic rings. The standard InChI is InChI=1S/C12H13NO4S/c13-5-8(14)11(15)6-2-1-3-9-7(6)4-10(18-9)12(16)17/h1-4,8,11,14-15H,5,13H2,(H,16,17). The van der Waals surface area contributed by atoms with Crippen molar-refractivity contribution in [3.05, 3.63) is 34.7 Å². The summed E-state index contributed by atoms with van der Waals surface area (Å²) in [6, 6.07) is 6.65. The molecule has 5 N–H and O–H groups in total. The van der Waals surface area contributed by atoms with Crippen molar-refractivity contribution in [2.75, 3.05) is 6.54 Å². The predicted octanol–water partition coefficient (Wildman–Crippen LogP) is 0.953. The highest BCUT2D eigenvalue weighted by molar-refractivity contribution is 7.20. The highest BCUT2D eigenvalue weighted by Crippen LogP contribution is 2.32. The molecule has 2 rings (SSSR count). The van der Waals surface area contributed by atoms with E-state index in [1.807, 2.05) is 0 Å². The van der Waals surface area contributed by atoms with Gasteiger partial charge in [-0.05, 0) is 23.1 Å². The number of hydrogen-bond donors (Lipinski definition) is 4. The average molecular weight is 267 g/mol. The van der Waals surface area contributed by atoms with Crippen LogP contribution in [0.25, 0.3) is 10.1 Å². The van der Waals surface area contributed by atoms with Crippen molar-refractivity contribution in [2.45, 2.75) is 12.2 Å². The van der Waals surface area contributed by atoms with Gasteiger partial charge in [0.05, 0.1) is 6.10 Å². The lowest BCUT2D eigenvalue weighted by Crippen LogP contribution is -2.27. The molecule has 2 unspecified atom stereocenters. The van der Waals surface area contributed by atoms with Gasteiger partial charge in [0.1, 0.15) is 11.0 Å². The van der Waals surface area contributed by atoms with Crippen molar-refractivity contribution >= 4 is 27.4 Å². The number of benzene rings is 1. The van der Waals surface area contributed by atoms with Gasteiger partial charge in [-0.15, -0.1) is 11.3 Å². The maximum Gasteiger partial charge on any atom is 0.345 e. The summed E-state index contributed by atoms with van der Waals surface area (Å²) >= 11 is 1.13. The van der Waals surface area contributed by atoms with E-state index in [0.717, 1.165) is 16.0 Å². The fraction of sp³-hybridized carbons (Fsp3) is 0.250. The van der Waals surface area contributed by atoms with Gasteiger partial charge in [0.15, 0.2) is 0 Å². The Morgan fingerprint density at radius 1 is 1.39 bits per heavy atom. The topological polar surface area (TPSA) is 104 Å². The molecule has 2 aromatic rings. The molecule has 18 heavy (non-hydrogen) atoms. The van der Waals surface area contributed by atoms with E-state index in [1.165, 1.54) is 6.07 Å². The van der Waals surface area contributed by atoms with Crippen LogP contribution in [0.5, 0.6) is 0 Å². The van der Waals surface area contributed by atoms with Crippen LogP contribution in [-0.2, 0) is 0 Å². The number of thiophene rings is 1. The maximum atomic E-state index is 10.9. The first-order valence-electron chi connectivity index (χ1n) is 5.36. The summed E-state index contributed by atoms with van der Waals surface area (Å²) in [5.41, 5.74) is 5.80. The summed E-state index contributed by atoms with van der Waals surface area (Å²) in [5.74, 6) is -1.00. The van der Waals surface area contributed by atoms with Gasteiger partial charge in [0.2, 0.25) is 0 Å². The summed E-state index contributed by atoms with van der Waals surface area (Å²) in [6.45, 7) is -0.0620. The summed E-state index contributed by atoms with van der Waals surface area (Å²) in [4.78, 5) is 11.1. The largest absolute Gasteiger partial charge is 0.477 e. The molecule has 0 aliphatic heterocycles. The van der Waals surface area contributed by atoms with Gasteiger partial charge in [0.25, 0.3) is 0 Å². The molecule has 6 heteroatoms. The van der Waals surface area contributed by atoms with Crippen LogP contribution in [0.1, 0.15) is 21.3 Å². The van der Waals surface area contributed by atoms with Gasteiger partial charge < -0.3 is 21.1 Å². The molecular weight excluding hydrogens is 254 g/mol. The monoisotopic (exact) mass is 267 g/mol. The zero-order valence-electron chi connectivity index (χ0n) is 9.41. The lowest BCUT2D eigenvalue weighted by Gasteiger charge is -2.17. The van der Waals surface area contributed by atoms with Gasteiger partial charge in [0, 0.05) is 11.2 Å². The van der Waals surface area contributed by atoms with Gasteiger partial charge in [-0.1, -0.05) is 12.1 Å². The van der Waals surface area contributed by atoms with Crippen molar-refractivity contribution in [1.82, 2.24) is 0 Å². The number of nitrogens with two attached hydrogens (primary N) is 1. The fourth-order valence-corrected chi connectivity index (χ4v) is 2.72. The number of aliphatic hydroxyl groups is 2. The number of hydrogen-bond acceptors (Lipinski definition) is 5. The first kappa shape index (κ1) is 13.0. The van der Waals surface area contributed by atoms with E-state index in [4.69, 9.17) is 10.8 Å². The van der Waals surface area contributed by atoms with Crippen LogP contribution in [0.15, 0.2) is 24.3 Å². The Balaban J connectivity index is 2.54. The third kappa shape index (κ3) is 2.23. The van der Waals surface area contributed by atoms with Crippen LogP contribution in [0.3, 0.4) is 0 Å². The van der Waals surface area contributed by atoms with E-state index in [0.29, 0.717) is 10.9 Å². The molecule has 1 aromatic carbocycles. The van der Waals surface area contributed by atoms with Crippen LogP contribution >= 0.6 is 11.3 Å². The average Bonchev–Trinajstić information content (AvgIpc) is 2.80. The summed E-state index contributed by atoms with van der Waals surface area (Å²) in [5, 5.41) is 29.1. The zero-order valence-corrected chi connectivity index (χ0v) is 10.2. The Morgan fingerprint density at radius 2 is 2.11 bits per heavy atom. The minimum absolute atomic E-state index is 0.0620. The van der Waals surface area contributed by atoms with E-state index < -0.39 is 18.2 Å². The molecule has 0 radical (unpaired) electrons. The minimum Gasteiger partial charge on any atom is -0.477 e. The molecule has 1 aromatic heterocycles. The smallest absolute Gasteiger partial charge is 0.345 e. The second-order valence-corrected chi connectivity index (χ2v) is 5.01. The van der Waals surface area contributed by atoms with Crippen LogP contribution < -0.4 is 5.73 Å². The lowest BCUT2D eigenvalue weighted by molar-refractivity contribution is 0.0252. The Hall–Kier alpha value is -1.47. The molecular formula is C12H13NO4S. The molecule has 5 nitrogen and oxygen atoms in total. The third-order valence-corrected chi connectivity index (χ3v) is 3.82. The van der Waals surface area contributed by atoms with E-state index >= 15 is 0 Å². The Bertz CT molecular complexity index is 580. The number of rotatable bonds is 4. The van der Waals surface area contributed by atoms with Crippen LogP contribution in [-0.4, -0.2) is 33.9 Å². The van der Waals surface area contributed by atoms with E-state index in [2.05, 4.69) is 0 Å². The first-order chi connectivity index (χ1) is 8.54. The molecule has 0 amide bonds. The number of carboxylic acids is 1. The first-order valence-corrected chi connectivity index (χ1v) is 6.18. The molecule has 0 saturated heterocycles. The number of fused-ring (bicyclic) bond motifs is 1. The predicted molar refractivity (Wildman–Crippen MR) is 68.8 cm³/mol. The fourth-order valence-electron chi connectivity index (χ4n) is 1.78. The van der Waals surface area contributed by atoms with E-state index in [9.17, 15) is 15.0 Å². The summed E-state index contributed by atoms with van der Waals surface area (Å²) < 4.78 is 0.758. The SMILES string of the molecule is NCC(O)C(O)c1cccc2sc(C(=O)O)cc12. The Kier molecular flexibility index (Phi) is 3.63. The van der Waals surface area contributed by atoms with Crippen molar-refractivity contribution in [1.29, 1.82) is 0 Å². The molecule has 0 fully saturated rings. The normalized spacial score (nSPS) is 14.6. The zero-order chi connectivity index (χ0) is 13.3. The second kappa shape index (κ2) is 5.03. The highest BCUT2D eigenvalue weighted by Gasteiger charge is 2.20. The molecule has 96 valence electrons. The van der Waals surface area contributed by atoms with Gasteiger partial charge in [-0.2, -0.15) is 0 Å². The summed E-state index contributed by atoms with van der Waals surface area (Å²) in [7, 11) is 0. The van der Waals surface area contributed by atoms with Gasteiger partial charge in [-0.25, -0.2) is 4.79 Å². The minimum atomic E-state index is -1.12. The quantitative estimate of drug-likeness (QED) is 0.660. The maximum absolute atomic E-state index is 10.9. The Morgan fingerprint density at radius 3 is 2.72 bits per heavy atom. The molecule has 0 spiro atoms. The molecule has 0 bridgehead atoms. The van der Waals surface area contributed by atoms with Crippen molar-refractivity contribution in [3.8, 4) is 0 Å². The van der Waals surface area contributed by atoms with Crippen molar-refractivity contribution in [3.63, 3.8) is 0 Å².